The van der Waals surface area contributed by atoms with E-state index in [1.165, 1.54) is 120 Å². The minimum Gasteiger partial charge on any atom is -0.247 e. The molecule has 0 aliphatic rings. The molecule has 0 radical (unpaired) electrons. The molecule has 2 unspecified atom stereocenters. The average molecular weight is 544 g/mol. The topological polar surface area (TPSA) is 19.7 Å². The summed E-state index contributed by atoms with van der Waals surface area (Å²) in [6, 6.07) is 22.5. The summed E-state index contributed by atoms with van der Waals surface area (Å²) in [4.78, 5) is 3.74. The van der Waals surface area contributed by atoms with E-state index in [0.29, 0.717) is 5.92 Å². The van der Waals surface area contributed by atoms with Crippen molar-refractivity contribution in [3.05, 3.63) is 90.0 Å². The normalized spacial score (nSPS) is 13.8. The van der Waals surface area contributed by atoms with E-state index >= 15 is 0 Å². The van der Waals surface area contributed by atoms with Crippen molar-refractivity contribution in [2.45, 2.75) is 148 Å². The van der Waals surface area contributed by atoms with Crippen molar-refractivity contribution in [2.24, 2.45) is 0 Å². The van der Waals surface area contributed by atoms with Crippen LogP contribution in [-0.4, -0.2) is 4.98 Å². The molecule has 220 valence electrons. The zero-order valence-electron chi connectivity index (χ0n) is 26.2. The number of rotatable bonds is 22. The smallest absolute Gasteiger partial charge is 0.247 e. The third-order valence-corrected chi connectivity index (χ3v) is 9.09. The number of hydrogen-bond acceptors (Lipinski definition) is 0. The van der Waals surface area contributed by atoms with Gasteiger partial charge in [-0.25, -0.2) is 9.55 Å². The second kappa shape index (κ2) is 18.9. The zero-order chi connectivity index (χ0) is 28.3. The van der Waals surface area contributed by atoms with E-state index in [0.717, 1.165) is 13.0 Å². The van der Waals surface area contributed by atoms with E-state index in [9.17, 15) is 0 Å². The molecule has 2 atom stereocenters. The Bertz CT molecular complexity index is 1010. The molecule has 2 aromatic carbocycles. The van der Waals surface area contributed by atoms with Gasteiger partial charge in [0, 0.05) is 5.41 Å². The number of imidazole rings is 1. The van der Waals surface area contributed by atoms with Crippen LogP contribution in [0.25, 0.3) is 0 Å². The molecule has 2 nitrogen and oxygen atoms in total. The van der Waals surface area contributed by atoms with Gasteiger partial charge in [-0.05, 0) is 30.4 Å². The van der Waals surface area contributed by atoms with Crippen molar-refractivity contribution in [2.75, 3.05) is 0 Å². The van der Waals surface area contributed by atoms with E-state index in [2.05, 4.69) is 103 Å². The summed E-state index contributed by atoms with van der Waals surface area (Å²) in [5.41, 5.74) is 2.89. The number of aromatic nitrogens is 2. The van der Waals surface area contributed by atoms with Crippen LogP contribution in [0.2, 0.25) is 0 Å². The van der Waals surface area contributed by atoms with Crippen molar-refractivity contribution in [1.82, 2.24) is 4.98 Å². The monoisotopic (exact) mass is 543 g/mol. The maximum atomic E-state index is 3.74. The number of nitrogens with one attached hydrogen (secondary N) is 1. The fraction of sp³-hybridized carbons (Fsp3) is 0.605. The molecule has 0 saturated heterocycles. The highest BCUT2D eigenvalue weighted by Crippen LogP contribution is 2.43. The van der Waals surface area contributed by atoms with Gasteiger partial charge < -0.3 is 0 Å². The highest BCUT2D eigenvalue weighted by atomic mass is 15.1. The van der Waals surface area contributed by atoms with Crippen molar-refractivity contribution in [1.29, 1.82) is 0 Å². The van der Waals surface area contributed by atoms with E-state index < -0.39 is 0 Å². The third-order valence-electron chi connectivity index (χ3n) is 9.09. The Morgan fingerprint density at radius 3 is 1.75 bits per heavy atom. The summed E-state index contributed by atoms with van der Waals surface area (Å²) in [7, 11) is 0. The van der Waals surface area contributed by atoms with Crippen LogP contribution in [0.15, 0.2) is 73.1 Å². The minimum absolute atomic E-state index is 0.0125. The molecule has 1 N–H and O–H groups in total. The molecule has 0 fully saturated rings. The molecule has 3 rings (SSSR count). The Hall–Kier alpha value is -2.35. The first-order chi connectivity index (χ1) is 19.7. The SMILES string of the molecule is CCCCCCCCCCCCCCCC(c1[nH]cc[n+]1CCCC)C(C)(Cc1ccccc1)c1ccccc1. The molecule has 0 amide bonds. The van der Waals surface area contributed by atoms with Gasteiger partial charge in [-0.2, -0.15) is 0 Å². The Morgan fingerprint density at radius 1 is 0.650 bits per heavy atom. The number of hydrogen-bond donors (Lipinski definition) is 1. The van der Waals surface area contributed by atoms with Crippen LogP contribution in [0.5, 0.6) is 0 Å². The molecule has 2 heteroatoms. The summed E-state index contributed by atoms with van der Waals surface area (Å²) in [5, 5.41) is 0. The Labute approximate surface area is 247 Å². The summed E-state index contributed by atoms with van der Waals surface area (Å²) in [6.07, 6.45) is 27.4. The first kappa shape index (κ1) is 32.2. The van der Waals surface area contributed by atoms with Crippen molar-refractivity contribution in [3.8, 4) is 0 Å². The number of aromatic amines is 1. The third kappa shape index (κ3) is 10.6. The molecule has 0 aliphatic carbocycles. The van der Waals surface area contributed by atoms with Gasteiger partial charge in [0.2, 0.25) is 0 Å². The largest absolute Gasteiger partial charge is 0.258 e. The fourth-order valence-corrected chi connectivity index (χ4v) is 6.59. The fourth-order valence-electron chi connectivity index (χ4n) is 6.59. The number of benzene rings is 2. The minimum atomic E-state index is 0.0125. The molecule has 3 aromatic rings. The van der Waals surface area contributed by atoms with Gasteiger partial charge in [-0.1, -0.05) is 171 Å². The number of nitrogens with zero attached hydrogens (tertiary/aromatic N) is 1. The van der Waals surface area contributed by atoms with Gasteiger partial charge in [0.05, 0.1) is 12.5 Å². The van der Waals surface area contributed by atoms with Crippen LogP contribution in [0, 0.1) is 0 Å². The lowest BCUT2D eigenvalue weighted by atomic mass is 9.66. The predicted molar refractivity (Wildman–Crippen MR) is 173 cm³/mol. The van der Waals surface area contributed by atoms with Gasteiger partial charge in [-0.3, -0.25) is 0 Å². The quantitative estimate of drug-likeness (QED) is 0.0960. The average Bonchev–Trinajstić information content (AvgIpc) is 3.45. The summed E-state index contributed by atoms with van der Waals surface area (Å²) in [5.74, 6) is 1.85. The van der Waals surface area contributed by atoms with Gasteiger partial charge in [-0.15, -0.1) is 0 Å². The van der Waals surface area contributed by atoms with Gasteiger partial charge in [0.25, 0.3) is 5.82 Å². The summed E-state index contributed by atoms with van der Waals surface area (Å²) >= 11 is 0. The predicted octanol–water partition coefficient (Wildman–Crippen LogP) is 10.9. The van der Waals surface area contributed by atoms with E-state index in [-0.39, 0.29) is 5.41 Å². The first-order valence-electron chi connectivity index (χ1n) is 16.8. The molecule has 0 saturated carbocycles. The van der Waals surface area contributed by atoms with Crippen molar-refractivity contribution in [3.63, 3.8) is 0 Å². The lowest BCUT2D eigenvalue weighted by Crippen LogP contribution is -2.43. The molecule has 40 heavy (non-hydrogen) atoms. The highest BCUT2D eigenvalue weighted by molar-refractivity contribution is 5.32. The first-order valence-corrected chi connectivity index (χ1v) is 16.8. The lowest BCUT2D eigenvalue weighted by molar-refractivity contribution is -0.705. The lowest BCUT2D eigenvalue weighted by Gasteiger charge is -2.37. The molecule has 1 aromatic heterocycles. The highest BCUT2D eigenvalue weighted by Gasteiger charge is 2.41. The van der Waals surface area contributed by atoms with E-state index in [1.54, 1.807) is 0 Å². The number of unbranched alkanes of at least 4 members (excludes halogenated alkanes) is 13. The van der Waals surface area contributed by atoms with Crippen LogP contribution in [0.4, 0.5) is 0 Å². The molecule has 0 spiro atoms. The molecular weight excluding hydrogens is 484 g/mol. The number of aryl methyl sites for hydroxylation is 1. The second-order valence-corrected chi connectivity index (χ2v) is 12.4. The van der Waals surface area contributed by atoms with Crippen LogP contribution < -0.4 is 4.57 Å². The van der Waals surface area contributed by atoms with Gasteiger partial charge in [0.1, 0.15) is 12.4 Å². The summed E-state index contributed by atoms with van der Waals surface area (Å²) in [6.45, 7) is 8.21. The van der Waals surface area contributed by atoms with Crippen molar-refractivity contribution < 1.29 is 4.57 Å². The molecule has 0 bridgehead atoms. The van der Waals surface area contributed by atoms with Gasteiger partial charge >= 0.3 is 0 Å². The maximum absolute atomic E-state index is 3.74. The zero-order valence-corrected chi connectivity index (χ0v) is 26.2. The Morgan fingerprint density at radius 2 is 1.18 bits per heavy atom. The number of H-pyrrole nitrogens is 1. The standard InChI is InChI=1S/C38H58N2/c1-4-6-8-9-10-11-12-13-14-15-16-17-24-29-36(37-39-30-32-40(37)31-7-5-2)38(3,35-27-22-19-23-28-35)33-34-25-20-18-21-26-34/h18-23,25-28,30,32,36H,4-17,24,29,31,33H2,1-3H3/p+1. The van der Waals surface area contributed by atoms with Crippen LogP contribution in [0.1, 0.15) is 146 Å². The van der Waals surface area contributed by atoms with Crippen LogP contribution in [-0.2, 0) is 18.4 Å². The van der Waals surface area contributed by atoms with Crippen LogP contribution >= 0.6 is 0 Å². The Kier molecular flexibility index (Phi) is 15.2. The van der Waals surface area contributed by atoms with Crippen LogP contribution in [0.3, 0.4) is 0 Å². The van der Waals surface area contributed by atoms with E-state index in [1.807, 2.05) is 0 Å². The molecule has 0 aliphatic heterocycles. The van der Waals surface area contributed by atoms with Gasteiger partial charge in [0.15, 0.2) is 0 Å². The maximum Gasteiger partial charge on any atom is 0.258 e. The van der Waals surface area contributed by atoms with E-state index in [4.69, 9.17) is 0 Å². The molecular formula is C38H59N2+. The molecule has 1 heterocycles. The second-order valence-electron chi connectivity index (χ2n) is 12.4. The Balaban J connectivity index is 1.63. The van der Waals surface area contributed by atoms with Crippen molar-refractivity contribution >= 4 is 0 Å². The summed E-state index contributed by atoms with van der Waals surface area (Å²) < 4.78 is 2.52.